The third kappa shape index (κ3) is 5.24. The van der Waals surface area contributed by atoms with Crippen molar-refractivity contribution in [3.63, 3.8) is 0 Å². The van der Waals surface area contributed by atoms with E-state index in [-0.39, 0.29) is 0 Å². The molecule has 3 N–H and O–H groups in total. The van der Waals surface area contributed by atoms with E-state index in [4.69, 9.17) is 18.1 Å². The summed E-state index contributed by atoms with van der Waals surface area (Å²) in [6, 6.07) is 3.63. The maximum Gasteiger partial charge on any atom is 0.214 e. The molecule has 6 heteroatoms. The Bertz CT molecular complexity index is 790. The summed E-state index contributed by atoms with van der Waals surface area (Å²) in [5.41, 5.74) is 0.879. The van der Waals surface area contributed by atoms with Crippen molar-refractivity contribution in [1.82, 2.24) is 19.9 Å². The van der Waals surface area contributed by atoms with Crippen molar-refractivity contribution < 1.29 is 0 Å². The SMILES string of the molecule is CC#CC#CC#CC.Nn1c(-c2ccncc2)n[nH]c1=S. The van der Waals surface area contributed by atoms with Gasteiger partial charge in [0.1, 0.15) is 0 Å². The lowest BCUT2D eigenvalue weighted by molar-refractivity contribution is 0.983. The molecular weight excluding hydrogens is 282 g/mol. The molecule has 0 aromatic carbocycles. The van der Waals surface area contributed by atoms with E-state index in [1.54, 1.807) is 26.2 Å². The summed E-state index contributed by atoms with van der Waals surface area (Å²) < 4.78 is 1.72. The smallest absolute Gasteiger partial charge is 0.214 e. The number of H-pyrrole nitrogens is 1. The van der Waals surface area contributed by atoms with E-state index in [9.17, 15) is 0 Å². The second-order valence-corrected chi connectivity index (χ2v) is 3.84. The van der Waals surface area contributed by atoms with Crippen LogP contribution in [0.2, 0.25) is 0 Å². The Balaban J connectivity index is 0.000000240. The van der Waals surface area contributed by atoms with E-state index >= 15 is 0 Å². The molecule has 0 unspecified atom stereocenters. The maximum atomic E-state index is 5.63. The molecule has 0 atom stereocenters. The fraction of sp³-hybridized carbons (Fsp3) is 0.133. The predicted molar refractivity (Wildman–Crippen MR) is 85.5 cm³/mol. The number of pyridine rings is 1. The van der Waals surface area contributed by atoms with E-state index < -0.39 is 0 Å². The van der Waals surface area contributed by atoms with E-state index in [1.807, 2.05) is 12.1 Å². The Morgan fingerprint density at radius 2 is 1.67 bits per heavy atom. The first-order valence-corrected chi connectivity index (χ1v) is 6.28. The molecule has 0 fully saturated rings. The molecule has 2 heterocycles. The fourth-order valence-electron chi connectivity index (χ4n) is 1.20. The van der Waals surface area contributed by atoms with Gasteiger partial charge in [-0.2, -0.15) is 5.10 Å². The molecule has 2 rings (SSSR count). The number of nitrogens with zero attached hydrogens (tertiary/aromatic N) is 3. The second kappa shape index (κ2) is 8.98. The van der Waals surface area contributed by atoms with E-state index in [2.05, 4.69) is 50.7 Å². The van der Waals surface area contributed by atoms with Gasteiger partial charge in [0.2, 0.25) is 4.77 Å². The molecule has 2 aromatic heterocycles. The molecule has 0 bridgehead atoms. The normalized spacial score (nSPS) is 7.71. The van der Waals surface area contributed by atoms with Gasteiger partial charge >= 0.3 is 0 Å². The molecule has 0 aliphatic carbocycles. The van der Waals surface area contributed by atoms with Crippen LogP contribution in [-0.4, -0.2) is 19.9 Å². The minimum Gasteiger partial charge on any atom is -0.335 e. The highest BCUT2D eigenvalue weighted by molar-refractivity contribution is 7.71. The van der Waals surface area contributed by atoms with Crippen molar-refractivity contribution in [3.05, 3.63) is 29.3 Å². The van der Waals surface area contributed by atoms with Crippen LogP contribution in [0, 0.1) is 40.3 Å². The van der Waals surface area contributed by atoms with Crippen molar-refractivity contribution in [3.8, 4) is 46.9 Å². The Morgan fingerprint density at radius 3 is 2.10 bits per heavy atom. The number of aromatic nitrogens is 4. The van der Waals surface area contributed by atoms with Gasteiger partial charge in [-0.1, -0.05) is 11.8 Å². The molecule has 0 radical (unpaired) electrons. The van der Waals surface area contributed by atoms with Crippen molar-refractivity contribution in [2.24, 2.45) is 0 Å². The van der Waals surface area contributed by atoms with E-state index in [1.165, 1.54) is 4.68 Å². The second-order valence-electron chi connectivity index (χ2n) is 3.46. The van der Waals surface area contributed by atoms with Gasteiger partial charge in [0.25, 0.3) is 0 Å². The van der Waals surface area contributed by atoms with Gasteiger partial charge in [0.15, 0.2) is 5.82 Å². The van der Waals surface area contributed by atoms with Gasteiger partial charge in [-0.15, -0.1) is 0 Å². The van der Waals surface area contributed by atoms with Crippen LogP contribution < -0.4 is 5.84 Å². The average Bonchev–Trinajstić information content (AvgIpc) is 2.85. The van der Waals surface area contributed by atoms with Crippen LogP contribution in [0.15, 0.2) is 24.5 Å². The van der Waals surface area contributed by atoms with Crippen LogP contribution in [-0.2, 0) is 0 Å². The van der Waals surface area contributed by atoms with Crippen molar-refractivity contribution in [2.45, 2.75) is 13.8 Å². The summed E-state index contributed by atoms with van der Waals surface area (Å²) in [4.78, 5) is 3.89. The minimum absolute atomic E-state index is 0.395. The summed E-state index contributed by atoms with van der Waals surface area (Å²) in [6.45, 7) is 3.49. The highest BCUT2D eigenvalue weighted by atomic mass is 32.1. The number of aromatic amines is 1. The lowest BCUT2D eigenvalue weighted by atomic mass is 10.2. The van der Waals surface area contributed by atoms with Crippen LogP contribution in [0.3, 0.4) is 0 Å². The van der Waals surface area contributed by atoms with Crippen molar-refractivity contribution in [1.29, 1.82) is 0 Å². The third-order valence-electron chi connectivity index (χ3n) is 2.08. The van der Waals surface area contributed by atoms with Crippen LogP contribution in [0.1, 0.15) is 13.8 Å². The first kappa shape index (κ1) is 16.0. The van der Waals surface area contributed by atoms with Gasteiger partial charge < -0.3 is 5.84 Å². The molecule has 0 spiro atoms. The first-order valence-electron chi connectivity index (χ1n) is 5.87. The zero-order valence-corrected chi connectivity index (χ0v) is 12.5. The lowest BCUT2D eigenvalue weighted by Gasteiger charge is -1.97. The summed E-state index contributed by atoms with van der Waals surface area (Å²) >= 11 is 4.88. The fourth-order valence-corrected chi connectivity index (χ4v) is 1.33. The van der Waals surface area contributed by atoms with Crippen LogP contribution in [0.5, 0.6) is 0 Å². The highest BCUT2D eigenvalue weighted by Crippen LogP contribution is 2.12. The van der Waals surface area contributed by atoms with E-state index in [0.717, 1.165) is 5.56 Å². The molecule has 104 valence electrons. The molecule has 5 nitrogen and oxygen atoms in total. The lowest BCUT2D eigenvalue weighted by Crippen LogP contribution is -2.09. The van der Waals surface area contributed by atoms with Crippen molar-refractivity contribution >= 4 is 12.2 Å². The Hall–Kier alpha value is -3.01. The van der Waals surface area contributed by atoms with Gasteiger partial charge in [-0.05, 0) is 61.9 Å². The Morgan fingerprint density at radius 1 is 1.10 bits per heavy atom. The van der Waals surface area contributed by atoms with Gasteiger partial charge in [-0.25, -0.2) is 9.77 Å². The topological polar surface area (TPSA) is 72.5 Å². The predicted octanol–water partition coefficient (Wildman–Crippen LogP) is 1.75. The summed E-state index contributed by atoms with van der Waals surface area (Å²) in [5, 5.41) is 6.58. The molecule has 0 aliphatic heterocycles. The summed E-state index contributed by atoms with van der Waals surface area (Å²) in [6.07, 6.45) is 3.35. The van der Waals surface area contributed by atoms with Crippen LogP contribution in [0.25, 0.3) is 11.4 Å². The quantitative estimate of drug-likeness (QED) is 0.477. The van der Waals surface area contributed by atoms with Crippen LogP contribution >= 0.6 is 12.2 Å². The monoisotopic (exact) mass is 295 g/mol. The Kier molecular flexibility index (Phi) is 6.86. The zero-order chi connectivity index (χ0) is 15.5. The number of nitrogens with one attached hydrogen (secondary N) is 1. The average molecular weight is 295 g/mol. The van der Waals surface area contributed by atoms with E-state index in [0.29, 0.717) is 10.6 Å². The molecule has 0 saturated carbocycles. The molecular formula is C15H13N5S. The Labute approximate surface area is 128 Å². The zero-order valence-electron chi connectivity index (χ0n) is 11.6. The number of rotatable bonds is 1. The third-order valence-corrected chi connectivity index (χ3v) is 2.37. The minimum atomic E-state index is 0.395. The molecule has 0 saturated heterocycles. The number of hydrogen-bond acceptors (Lipinski definition) is 4. The largest absolute Gasteiger partial charge is 0.335 e. The standard InChI is InChI=1S/C8H6.C7H7N5S/c1-3-5-7-8-6-4-2;8-12-6(10-11-7(12)13)5-1-3-9-4-2-5/h1-2H3;1-4H,8H2,(H,11,13). The van der Waals surface area contributed by atoms with Gasteiger partial charge in [-0.3, -0.25) is 4.98 Å². The molecule has 2 aromatic rings. The molecule has 21 heavy (non-hydrogen) atoms. The number of nitrogens with two attached hydrogens (primary N) is 1. The van der Waals surface area contributed by atoms with Crippen LogP contribution in [0.4, 0.5) is 0 Å². The van der Waals surface area contributed by atoms with Gasteiger partial charge in [0.05, 0.1) is 0 Å². The number of hydrogen-bond donors (Lipinski definition) is 2. The first-order chi connectivity index (χ1) is 10.2. The van der Waals surface area contributed by atoms with Gasteiger partial charge in [0, 0.05) is 18.0 Å². The molecule has 0 amide bonds. The molecule has 0 aliphatic rings. The highest BCUT2D eigenvalue weighted by Gasteiger charge is 2.04. The van der Waals surface area contributed by atoms with Crippen molar-refractivity contribution in [2.75, 3.05) is 5.84 Å². The number of nitrogen functional groups attached to an aromatic ring is 1. The maximum absolute atomic E-state index is 5.63. The summed E-state index contributed by atoms with van der Waals surface area (Å²) in [5.74, 6) is 21.7. The summed E-state index contributed by atoms with van der Waals surface area (Å²) in [7, 11) is 0.